The summed E-state index contributed by atoms with van der Waals surface area (Å²) < 4.78 is 0. The molecule has 0 saturated heterocycles. The van der Waals surface area contributed by atoms with Gasteiger partial charge >= 0.3 is 6.03 Å². The third-order valence-electron chi connectivity index (χ3n) is 1.88. The van der Waals surface area contributed by atoms with Gasteiger partial charge in [0.2, 0.25) is 5.91 Å². The normalized spacial score (nSPS) is 9.88. The number of rotatable bonds is 3. The molecule has 0 saturated carbocycles. The highest BCUT2D eigenvalue weighted by Crippen LogP contribution is 2.13. The molecule has 0 heterocycles. The molecule has 0 aromatic heterocycles. The minimum Gasteiger partial charge on any atom is -0.336 e. The lowest BCUT2D eigenvalue weighted by Gasteiger charge is -2.10. The highest BCUT2D eigenvalue weighted by Gasteiger charge is 2.03. The molecule has 5 heteroatoms. The first kappa shape index (κ1) is 13.0. The second kappa shape index (κ2) is 5.89. The molecule has 0 bridgehead atoms. The van der Waals surface area contributed by atoms with Gasteiger partial charge < -0.3 is 16.0 Å². The number of anilines is 2. The van der Waals surface area contributed by atoms with Gasteiger partial charge in [0.15, 0.2) is 0 Å². The lowest BCUT2D eigenvalue weighted by molar-refractivity contribution is -0.114. The third-order valence-corrected chi connectivity index (χ3v) is 1.88. The predicted molar refractivity (Wildman–Crippen MR) is 68.0 cm³/mol. The minimum absolute atomic E-state index is 0.0913. The van der Waals surface area contributed by atoms with Crippen molar-refractivity contribution in [2.75, 3.05) is 10.6 Å². The van der Waals surface area contributed by atoms with Gasteiger partial charge in [0.25, 0.3) is 0 Å². The Balaban J connectivity index is 2.56. The lowest BCUT2D eigenvalue weighted by Crippen LogP contribution is -2.34. The van der Waals surface area contributed by atoms with E-state index in [4.69, 9.17) is 0 Å². The predicted octanol–water partition coefficient (Wildman–Crippen LogP) is 2.17. The Morgan fingerprint density at radius 2 is 1.47 bits per heavy atom. The molecule has 0 aliphatic heterocycles. The van der Waals surface area contributed by atoms with Gasteiger partial charge in [-0.2, -0.15) is 0 Å². The first-order valence-electron chi connectivity index (χ1n) is 5.42. The Morgan fingerprint density at radius 1 is 1.00 bits per heavy atom. The fourth-order valence-electron chi connectivity index (χ4n) is 1.27. The molecule has 3 N–H and O–H groups in total. The van der Waals surface area contributed by atoms with E-state index in [-0.39, 0.29) is 18.0 Å². The van der Waals surface area contributed by atoms with Crippen LogP contribution in [-0.2, 0) is 4.79 Å². The number of carbonyl (C=O) groups excluding carboxylic acids is 2. The maximum absolute atomic E-state index is 11.4. The third kappa shape index (κ3) is 5.01. The van der Waals surface area contributed by atoms with Gasteiger partial charge in [-0.05, 0) is 38.1 Å². The standard InChI is InChI=1S/C12H17N3O2/c1-8(2)13-12(17)15-11-6-4-10(5-7-11)14-9(3)16/h4-8H,1-3H3,(H,14,16)(H2,13,15,17). The Labute approximate surface area is 101 Å². The maximum atomic E-state index is 11.4. The molecule has 92 valence electrons. The molecule has 17 heavy (non-hydrogen) atoms. The zero-order valence-electron chi connectivity index (χ0n) is 10.2. The summed E-state index contributed by atoms with van der Waals surface area (Å²) in [5.41, 5.74) is 1.38. The molecular weight excluding hydrogens is 218 g/mol. The van der Waals surface area contributed by atoms with E-state index in [0.29, 0.717) is 11.4 Å². The molecule has 0 aliphatic carbocycles. The highest BCUT2D eigenvalue weighted by molar-refractivity contribution is 5.91. The quantitative estimate of drug-likeness (QED) is 0.751. The van der Waals surface area contributed by atoms with Crippen LogP contribution in [0.25, 0.3) is 0 Å². The molecule has 0 aliphatic rings. The highest BCUT2D eigenvalue weighted by atomic mass is 16.2. The van der Waals surface area contributed by atoms with Crippen LogP contribution in [0.1, 0.15) is 20.8 Å². The first-order valence-corrected chi connectivity index (χ1v) is 5.42. The van der Waals surface area contributed by atoms with Crippen molar-refractivity contribution >= 4 is 23.3 Å². The van der Waals surface area contributed by atoms with Gasteiger partial charge in [-0.3, -0.25) is 4.79 Å². The zero-order chi connectivity index (χ0) is 12.8. The first-order chi connectivity index (χ1) is 7.97. The largest absolute Gasteiger partial charge is 0.336 e. The summed E-state index contributed by atoms with van der Waals surface area (Å²) in [5, 5.41) is 8.06. The van der Waals surface area contributed by atoms with Crippen LogP contribution < -0.4 is 16.0 Å². The van der Waals surface area contributed by atoms with E-state index in [1.54, 1.807) is 24.3 Å². The van der Waals surface area contributed by atoms with Crippen molar-refractivity contribution in [1.82, 2.24) is 5.32 Å². The van der Waals surface area contributed by atoms with E-state index >= 15 is 0 Å². The fourth-order valence-corrected chi connectivity index (χ4v) is 1.27. The molecule has 5 nitrogen and oxygen atoms in total. The molecule has 0 unspecified atom stereocenters. The van der Waals surface area contributed by atoms with E-state index in [1.807, 2.05) is 13.8 Å². The Hall–Kier alpha value is -2.04. The van der Waals surface area contributed by atoms with Crippen LogP contribution in [0.5, 0.6) is 0 Å². The number of hydrogen-bond donors (Lipinski definition) is 3. The van der Waals surface area contributed by atoms with Crippen LogP contribution in [0, 0.1) is 0 Å². The number of carbonyl (C=O) groups is 2. The van der Waals surface area contributed by atoms with E-state index < -0.39 is 0 Å². The summed E-state index contributed by atoms with van der Waals surface area (Å²) in [6, 6.07) is 6.76. The van der Waals surface area contributed by atoms with Crippen LogP contribution in [0.15, 0.2) is 24.3 Å². The second-order valence-electron chi connectivity index (χ2n) is 4.01. The molecule has 1 rings (SSSR count). The topological polar surface area (TPSA) is 70.2 Å². The van der Waals surface area contributed by atoms with Crippen LogP contribution in [-0.4, -0.2) is 18.0 Å². The SMILES string of the molecule is CC(=O)Nc1ccc(NC(=O)NC(C)C)cc1. The monoisotopic (exact) mass is 235 g/mol. The van der Waals surface area contributed by atoms with Crippen molar-refractivity contribution in [3.8, 4) is 0 Å². The number of nitrogens with one attached hydrogen (secondary N) is 3. The van der Waals surface area contributed by atoms with Crippen molar-refractivity contribution in [2.45, 2.75) is 26.8 Å². The average Bonchev–Trinajstić information content (AvgIpc) is 2.18. The van der Waals surface area contributed by atoms with Gasteiger partial charge in [0, 0.05) is 24.3 Å². The summed E-state index contributed by atoms with van der Waals surface area (Å²) in [4.78, 5) is 22.2. The van der Waals surface area contributed by atoms with Crippen molar-refractivity contribution in [3.63, 3.8) is 0 Å². The maximum Gasteiger partial charge on any atom is 0.319 e. The van der Waals surface area contributed by atoms with Gasteiger partial charge in [-0.15, -0.1) is 0 Å². The van der Waals surface area contributed by atoms with E-state index in [0.717, 1.165) is 0 Å². The number of benzene rings is 1. The molecule has 1 aromatic rings. The van der Waals surface area contributed by atoms with Crippen molar-refractivity contribution in [3.05, 3.63) is 24.3 Å². The Morgan fingerprint density at radius 3 is 1.88 bits per heavy atom. The molecular formula is C12H17N3O2. The number of urea groups is 1. The molecule has 0 fully saturated rings. The summed E-state index contributed by atoms with van der Waals surface area (Å²) >= 11 is 0. The summed E-state index contributed by atoms with van der Waals surface area (Å²) in [5.74, 6) is -0.122. The minimum atomic E-state index is -0.243. The second-order valence-corrected chi connectivity index (χ2v) is 4.01. The fraction of sp³-hybridized carbons (Fsp3) is 0.333. The van der Waals surface area contributed by atoms with E-state index in [2.05, 4.69) is 16.0 Å². The summed E-state index contributed by atoms with van der Waals surface area (Å²) in [6.45, 7) is 5.22. The Kier molecular flexibility index (Phi) is 4.51. The summed E-state index contributed by atoms with van der Waals surface area (Å²) in [6.07, 6.45) is 0. The summed E-state index contributed by atoms with van der Waals surface area (Å²) in [7, 11) is 0. The zero-order valence-corrected chi connectivity index (χ0v) is 10.2. The van der Waals surface area contributed by atoms with Crippen LogP contribution in [0.3, 0.4) is 0 Å². The molecule has 3 amide bonds. The molecule has 0 spiro atoms. The average molecular weight is 235 g/mol. The van der Waals surface area contributed by atoms with Crippen LogP contribution in [0.2, 0.25) is 0 Å². The van der Waals surface area contributed by atoms with E-state index in [1.165, 1.54) is 6.92 Å². The molecule has 0 atom stereocenters. The van der Waals surface area contributed by atoms with Crippen LogP contribution in [0.4, 0.5) is 16.2 Å². The lowest BCUT2D eigenvalue weighted by atomic mass is 10.3. The van der Waals surface area contributed by atoms with Gasteiger partial charge in [0.1, 0.15) is 0 Å². The smallest absolute Gasteiger partial charge is 0.319 e. The van der Waals surface area contributed by atoms with Gasteiger partial charge in [-0.25, -0.2) is 4.79 Å². The van der Waals surface area contributed by atoms with Crippen molar-refractivity contribution < 1.29 is 9.59 Å². The number of amides is 3. The number of hydrogen-bond acceptors (Lipinski definition) is 2. The van der Waals surface area contributed by atoms with Crippen molar-refractivity contribution in [2.24, 2.45) is 0 Å². The van der Waals surface area contributed by atoms with Gasteiger partial charge in [-0.1, -0.05) is 0 Å². The molecule has 0 radical (unpaired) electrons. The van der Waals surface area contributed by atoms with Crippen LogP contribution >= 0.6 is 0 Å². The van der Waals surface area contributed by atoms with E-state index in [9.17, 15) is 9.59 Å². The molecule has 1 aromatic carbocycles. The van der Waals surface area contributed by atoms with Gasteiger partial charge in [0.05, 0.1) is 0 Å². The Bertz CT molecular complexity index is 399. The van der Waals surface area contributed by atoms with Crippen molar-refractivity contribution in [1.29, 1.82) is 0 Å².